The molecule has 1 aromatic heterocycles. The van der Waals surface area contributed by atoms with Crippen LogP contribution in [0.4, 0.5) is 0 Å². The molecule has 0 atom stereocenters. The van der Waals surface area contributed by atoms with Crippen molar-refractivity contribution in [3.05, 3.63) is 54.2 Å². The Bertz CT molecular complexity index is 1040. The second kappa shape index (κ2) is 8.11. The molecule has 0 aliphatic heterocycles. The van der Waals surface area contributed by atoms with Crippen molar-refractivity contribution in [1.29, 1.82) is 0 Å². The zero-order chi connectivity index (χ0) is 20.4. The van der Waals surface area contributed by atoms with Crippen molar-refractivity contribution >= 4 is 22.7 Å². The van der Waals surface area contributed by atoms with E-state index in [1.165, 1.54) is 32.1 Å². The van der Waals surface area contributed by atoms with Crippen LogP contribution < -0.4 is 4.74 Å². The Morgan fingerprint density at radius 1 is 1.03 bits per heavy atom. The van der Waals surface area contributed by atoms with E-state index in [2.05, 4.69) is 4.57 Å². The number of rotatable bonds is 6. The fourth-order valence-corrected chi connectivity index (χ4v) is 4.36. The van der Waals surface area contributed by atoms with Crippen LogP contribution in [0, 0.1) is 5.92 Å². The van der Waals surface area contributed by atoms with Gasteiger partial charge in [-0.2, -0.15) is 0 Å². The van der Waals surface area contributed by atoms with Gasteiger partial charge in [-0.1, -0.05) is 37.5 Å². The molecule has 0 radical (unpaired) electrons. The minimum atomic E-state index is -1.42. The number of methoxy groups -OCH3 is 1. The van der Waals surface area contributed by atoms with Gasteiger partial charge in [0.05, 0.1) is 12.7 Å². The zero-order valence-corrected chi connectivity index (χ0v) is 16.6. The van der Waals surface area contributed by atoms with E-state index < -0.39 is 11.8 Å². The van der Waals surface area contributed by atoms with Gasteiger partial charge in [0.1, 0.15) is 5.75 Å². The lowest BCUT2D eigenvalue weighted by Gasteiger charge is -2.22. The van der Waals surface area contributed by atoms with E-state index in [1.54, 1.807) is 13.3 Å². The van der Waals surface area contributed by atoms with Crippen molar-refractivity contribution in [3.63, 3.8) is 0 Å². The molecular weight excluding hydrogens is 366 g/mol. The summed E-state index contributed by atoms with van der Waals surface area (Å²) in [4.78, 5) is 23.8. The second-order valence-corrected chi connectivity index (χ2v) is 7.79. The minimum Gasteiger partial charge on any atom is -0.497 e. The van der Waals surface area contributed by atoms with Gasteiger partial charge in [0.2, 0.25) is 0 Å². The summed E-state index contributed by atoms with van der Waals surface area (Å²) >= 11 is 0. The van der Waals surface area contributed by atoms with Crippen LogP contribution in [0.15, 0.2) is 48.7 Å². The monoisotopic (exact) mass is 391 g/mol. The largest absolute Gasteiger partial charge is 0.497 e. The number of aromatic nitrogens is 1. The van der Waals surface area contributed by atoms with E-state index in [-0.39, 0.29) is 5.56 Å². The third-order valence-electron chi connectivity index (χ3n) is 5.92. The van der Waals surface area contributed by atoms with Crippen LogP contribution in [-0.4, -0.2) is 28.5 Å². The first kappa shape index (κ1) is 19.2. The van der Waals surface area contributed by atoms with Gasteiger partial charge in [0.15, 0.2) is 0 Å². The maximum Gasteiger partial charge on any atom is 0.377 e. The molecule has 150 valence electrons. The Morgan fingerprint density at radius 3 is 2.38 bits per heavy atom. The predicted octanol–water partition coefficient (Wildman–Crippen LogP) is 5.16. The second-order valence-electron chi connectivity index (χ2n) is 7.79. The number of nitrogens with zero attached hydrogens (tertiary/aromatic N) is 1. The summed E-state index contributed by atoms with van der Waals surface area (Å²) < 4.78 is 7.28. The van der Waals surface area contributed by atoms with E-state index in [9.17, 15) is 14.7 Å². The molecule has 2 aromatic carbocycles. The van der Waals surface area contributed by atoms with Crippen LogP contribution in [-0.2, 0) is 11.3 Å². The molecule has 1 aliphatic rings. The van der Waals surface area contributed by atoms with Gasteiger partial charge in [0, 0.05) is 23.6 Å². The smallest absolute Gasteiger partial charge is 0.377 e. The standard InChI is InChI=1S/C24H25NO4/c1-29-19-10-7-17(8-11-19)18-9-12-22-20(13-18)21(23(26)24(27)28)15-25(22)14-16-5-3-2-4-6-16/h7-13,15-16H,2-6,14H2,1H3,(H,27,28). The molecule has 0 spiro atoms. The first-order valence-electron chi connectivity index (χ1n) is 10.1. The number of fused-ring (bicyclic) bond motifs is 1. The Balaban J connectivity index is 1.77. The Hall–Kier alpha value is -3.08. The Labute approximate surface area is 169 Å². The summed E-state index contributed by atoms with van der Waals surface area (Å²) in [5, 5.41) is 9.99. The van der Waals surface area contributed by atoms with Crippen LogP contribution in [0.1, 0.15) is 42.5 Å². The number of carboxylic acid groups (broad SMARTS) is 1. The van der Waals surface area contributed by atoms with Gasteiger partial charge < -0.3 is 14.4 Å². The van der Waals surface area contributed by atoms with E-state index in [1.807, 2.05) is 42.5 Å². The maximum absolute atomic E-state index is 12.4. The summed E-state index contributed by atoms with van der Waals surface area (Å²) in [6.07, 6.45) is 7.88. The van der Waals surface area contributed by atoms with Crippen molar-refractivity contribution in [1.82, 2.24) is 4.57 Å². The predicted molar refractivity (Wildman–Crippen MR) is 112 cm³/mol. The van der Waals surface area contributed by atoms with Gasteiger partial charge in [-0.3, -0.25) is 4.79 Å². The highest BCUT2D eigenvalue weighted by atomic mass is 16.5. The molecule has 1 heterocycles. The third-order valence-corrected chi connectivity index (χ3v) is 5.92. The molecule has 1 aliphatic carbocycles. The number of ketones is 1. The van der Waals surface area contributed by atoms with Crippen LogP contribution >= 0.6 is 0 Å². The van der Waals surface area contributed by atoms with Crippen molar-refractivity contribution in [3.8, 4) is 16.9 Å². The van der Waals surface area contributed by atoms with Crippen molar-refractivity contribution < 1.29 is 19.4 Å². The lowest BCUT2D eigenvalue weighted by Crippen LogP contribution is -2.14. The molecule has 3 aromatic rings. The Morgan fingerprint density at radius 2 is 1.72 bits per heavy atom. The Kier molecular flexibility index (Phi) is 5.38. The molecule has 0 saturated heterocycles. The van der Waals surface area contributed by atoms with Gasteiger partial charge in [-0.15, -0.1) is 0 Å². The number of ether oxygens (including phenoxy) is 1. The number of carbonyl (C=O) groups is 2. The van der Waals surface area contributed by atoms with Crippen molar-refractivity contribution in [2.45, 2.75) is 38.6 Å². The number of carbonyl (C=O) groups excluding carboxylic acids is 1. The van der Waals surface area contributed by atoms with Gasteiger partial charge in [0.25, 0.3) is 5.78 Å². The average Bonchev–Trinajstić information content (AvgIpc) is 3.11. The molecule has 1 saturated carbocycles. The fraction of sp³-hybridized carbons (Fsp3) is 0.333. The van der Waals surface area contributed by atoms with Crippen molar-refractivity contribution in [2.75, 3.05) is 7.11 Å². The van der Waals surface area contributed by atoms with Gasteiger partial charge >= 0.3 is 5.97 Å². The molecule has 5 heteroatoms. The molecule has 5 nitrogen and oxygen atoms in total. The molecule has 0 unspecified atom stereocenters. The number of hydrogen-bond acceptors (Lipinski definition) is 3. The molecule has 4 rings (SSSR count). The quantitative estimate of drug-likeness (QED) is 0.465. The van der Waals surface area contributed by atoms with Crippen molar-refractivity contribution in [2.24, 2.45) is 5.92 Å². The first-order chi connectivity index (χ1) is 14.1. The highest BCUT2D eigenvalue weighted by Crippen LogP contribution is 2.32. The number of carboxylic acids is 1. The van der Waals surface area contributed by atoms with Crippen LogP contribution in [0.2, 0.25) is 0 Å². The number of Topliss-reactive ketones (excluding diaryl/α,β-unsaturated/α-hetero) is 1. The zero-order valence-electron chi connectivity index (χ0n) is 16.6. The summed E-state index contributed by atoms with van der Waals surface area (Å²) in [5.74, 6) is -0.926. The summed E-state index contributed by atoms with van der Waals surface area (Å²) in [5.41, 5.74) is 3.10. The number of benzene rings is 2. The molecule has 29 heavy (non-hydrogen) atoms. The van der Waals surface area contributed by atoms with E-state index >= 15 is 0 Å². The van der Waals surface area contributed by atoms with E-state index in [0.717, 1.165) is 28.9 Å². The van der Waals surface area contributed by atoms with Gasteiger partial charge in [-0.05, 0) is 54.2 Å². The van der Waals surface area contributed by atoms with Crippen LogP contribution in [0.5, 0.6) is 5.75 Å². The lowest BCUT2D eigenvalue weighted by atomic mass is 9.89. The summed E-state index contributed by atoms with van der Waals surface area (Å²) in [6.45, 7) is 0.825. The number of hydrogen-bond donors (Lipinski definition) is 1. The van der Waals surface area contributed by atoms with E-state index in [0.29, 0.717) is 11.3 Å². The lowest BCUT2D eigenvalue weighted by molar-refractivity contribution is -0.131. The van der Waals surface area contributed by atoms with Crippen LogP contribution in [0.25, 0.3) is 22.0 Å². The topological polar surface area (TPSA) is 68.5 Å². The number of aliphatic carboxylic acids is 1. The normalized spacial score (nSPS) is 14.8. The van der Waals surface area contributed by atoms with Gasteiger partial charge in [-0.25, -0.2) is 4.79 Å². The SMILES string of the molecule is COc1ccc(-c2ccc3c(c2)c(C(=O)C(=O)O)cn3CC2CCCCC2)cc1. The molecule has 1 N–H and O–H groups in total. The molecule has 0 amide bonds. The third kappa shape index (κ3) is 3.90. The summed E-state index contributed by atoms with van der Waals surface area (Å²) in [7, 11) is 1.62. The maximum atomic E-state index is 12.4. The average molecular weight is 391 g/mol. The molecule has 0 bridgehead atoms. The molecule has 1 fully saturated rings. The summed E-state index contributed by atoms with van der Waals surface area (Å²) in [6, 6.07) is 13.6. The van der Waals surface area contributed by atoms with E-state index in [4.69, 9.17) is 4.74 Å². The fourth-order valence-electron chi connectivity index (χ4n) is 4.36. The highest BCUT2D eigenvalue weighted by Gasteiger charge is 2.23. The molecular formula is C24H25NO4. The highest BCUT2D eigenvalue weighted by molar-refractivity contribution is 6.42. The minimum absolute atomic E-state index is 0.263. The first-order valence-corrected chi connectivity index (χ1v) is 10.1. The van der Waals surface area contributed by atoms with Crippen LogP contribution in [0.3, 0.4) is 0 Å².